The number of likely N-dealkylation sites (tertiary alicyclic amines) is 1. The van der Waals surface area contributed by atoms with Gasteiger partial charge in [-0.2, -0.15) is 0 Å². The summed E-state index contributed by atoms with van der Waals surface area (Å²) in [6.07, 6.45) is 4.62. The molecule has 1 aromatic heterocycles. The molecule has 1 saturated heterocycles. The van der Waals surface area contributed by atoms with Gasteiger partial charge < -0.3 is 10.2 Å². The van der Waals surface area contributed by atoms with E-state index in [1.807, 2.05) is 0 Å². The fraction of sp³-hybridized carbons (Fsp3) is 0.571. The predicted octanol–water partition coefficient (Wildman–Crippen LogP) is 2.89. The summed E-state index contributed by atoms with van der Waals surface area (Å²) in [7, 11) is 0. The molecule has 0 bridgehead atoms. The van der Waals surface area contributed by atoms with Gasteiger partial charge in [-0.3, -0.25) is 15.1 Å². The van der Waals surface area contributed by atoms with E-state index in [4.69, 9.17) is 0 Å². The van der Waals surface area contributed by atoms with Gasteiger partial charge in [0.15, 0.2) is 0 Å². The van der Waals surface area contributed by atoms with Gasteiger partial charge >= 0.3 is 11.7 Å². The Balaban J connectivity index is 2.09. The maximum atomic E-state index is 12.3. The molecule has 1 aromatic rings. The number of rotatable bonds is 2. The number of anilines is 1. The molecule has 21 heavy (non-hydrogen) atoms. The van der Waals surface area contributed by atoms with Crippen molar-refractivity contribution in [1.82, 2.24) is 9.88 Å². The quantitative estimate of drug-likeness (QED) is 0.670. The van der Waals surface area contributed by atoms with Crippen molar-refractivity contribution in [3.63, 3.8) is 0 Å². The van der Waals surface area contributed by atoms with Crippen LogP contribution in [0.15, 0.2) is 18.5 Å². The second kappa shape index (κ2) is 6.51. The zero-order chi connectivity index (χ0) is 15.4. The topological polar surface area (TPSA) is 88.4 Å². The van der Waals surface area contributed by atoms with Crippen LogP contribution in [0.5, 0.6) is 0 Å². The highest BCUT2D eigenvalue weighted by molar-refractivity contribution is 5.91. The van der Waals surface area contributed by atoms with E-state index in [1.54, 1.807) is 4.90 Å². The highest BCUT2D eigenvalue weighted by atomic mass is 16.6. The van der Waals surface area contributed by atoms with Crippen molar-refractivity contribution in [3.8, 4) is 0 Å². The van der Waals surface area contributed by atoms with Gasteiger partial charge in [-0.15, -0.1) is 0 Å². The molecule has 7 heteroatoms. The molecule has 0 radical (unpaired) electrons. The number of nitro groups is 1. The molecule has 2 atom stereocenters. The molecule has 0 unspecified atom stereocenters. The summed E-state index contributed by atoms with van der Waals surface area (Å²) < 4.78 is 0. The predicted molar refractivity (Wildman–Crippen MR) is 79.0 cm³/mol. The highest BCUT2D eigenvalue weighted by Gasteiger charge is 2.24. The van der Waals surface area contributed by atoms with Crippen LogP contribution in [0.1, 0.15) is 26.7 Å². The van der Waals surface area contributed by atoms with Crippen LogP contribution in [0.25, 0.3) is 0 Å². The molecule has 0 saturated carbocycles. The lowest BCUT2D eigenvalue weighted by Gasteiger charge is -2.22. The van der Waals surface area contributed by atoms with Gasteiger partial charge in [0.2, 0.25) is 0 Å². The molecule has 0 aliphatic carbocycles. The Morgan fingerprint density at radius 3 is 2.95 bits per heavy atom. The molecule has 0 aromatic carbocycles. The van der Waals surface area contributed by atoms with Crippen LogP contribution in [-0.4, -0.2) is 33.9 Å². The molecular formula is C14H20N4O3. The van der Waals surface area contributed by atoms with Crippen molar-refractivity contribution < 1.29 is 9.72 Å². The Morgan fingerprint density at radius 1 is 1.48 bits per heavy atom. The largest absolute Gasteiger partial charge is 0.324 e. The van der Waals surface area contributed by atoms with Crippen molar-refractivity contribution in [2.75, 3.05) is 18.4 Å². The minimum Gasteiger partial charge on any atom is -0.324 e. The fourth-order valence-corrected chi connectivity index (χ4v) is 2.74. The summed E-state index contributed by atoms with van der Waals surface area (Å²) in [5.41, 5.74) is -0.00737. The Labute approximate surface area is 123 Å². The van der Waals surface area contributed by atoms with Crippen LogP contribution in [0.3, 0.4) is 0 Å². The zero-order valence-electron chi connectivity index (χ0n) is 12.3. The minimum absolute atomic E-state index is 0.185. The Hall–Kier alpha value is -2.18. The Bertz CT molecular complexity index is 535. The van der Waals surface area contributed by atoms with Gasteiger partial charge in [-0.25, -0.2) is 4.79 Å². The fourth-order valence-electron chi connectivity index (χ4n) is 2.74. The summed E-state index contributed by atoms with van der Waals surface area (Å²) >= 11 is 0. The lowest BCUT2D eigenvalue weighted by Crippen LogP contribution is -2.37. The number of aromatic nitrogens is 1. The Morgan fingerprint density at radius 2 is 2.24 bits per heavy atom. The van der Waals surface area contributed by atoms with E-state index in [9.17, 15) is 14.9 Å². The standard InChI is InChI=1S/C14H20N4O3/c1-10-4-6-17(9-11(2)7-10)14(19)16-12-3-5-15-8-13(12)18(20)21/h3,5,8,10-11H,4,6-7,9H2,1-2H3,(H,15,16,19)/t10-,11+/m0/s1. The molecule has 1 aliphatic heterocycles. The average Bonchev–Trinajstić information content (AvgIpc) is 2.60. The maximum Gasteiger partial charge on any atom is 0.322 e. The summed E-state index contributed by atoms with van der Waals surface area (Å²) in [4.78, 5) is 28.2. The molecule has 0 spiro atoms. The smallest absolute Gasteiger partial charge is 0.322 e. The van der Waals surface area contributed by atoms with Crippen LogP contribution < -0.4 is 5.32 Å². The van der Waals surface area contributed by atoms with E-state index < -0.39 is 4.92 Å². The first-order chi connectivity index (χ1) is 9.97. The lowest BCUT2D eigenvalue weighted by atomic mass is 9.97. The highest BCUT2D eigenvalue weighted by Crippen LogP contribution is 2.24. The first-order valence-electron chi connectivity index (χ1n) is 7.11. The van der Waals surface area contributed by atoms with E-state index in [0.717, 1.165) is 19.0 Å². The number of amides is 2. The van der Waals surface area contributed by atoms with Crippen LogP contribution in [0.4, 0.5) is 16.2 Å². The van der Waals surface area contributed by atoms with E-state index in [0.29, 0.717) is 24.9 Å². The number of nitrogens with zero attached hydrogens (tertiary/aromatic N) is 3. The van der Waals surface area contributed by atoms with Gasteiger partial charge in [0.1, 0.15) is 11.9 Å². The van der Waals surface area contributed by atoms with Crippen molar-refractivity contribution in [2.45, 2.75) is 26.7 Å². The number of urea groups is 1. The first kappa shape index (κ1) is 15.2. The minimum atomic E-state index is -0.546. The third-order valence-electron chi connectivity index (χ3n) is 3.75. The molecule has 2 heterocycles. The number of carbonyl (C=O) groups is 1. The van der Waals surface area contributed by atoms with E-state index in [1.165, 1.54) is 12.3 Å². The summed E-state index contributed by atoms with van der Waals surface area (Å²) in [5, 5.41) is 13.6. The van der Waals surface area contributed by atoms with Gasteiger partial charge in [0.05, 0.1) is 4.92 Å². The number of carbonyl (C=O) groups excluding carboxylic acids is 1. The van der Waals surface area contributed by atoms with Crippen LogP contribution in [0, 0.1) is 22.0 Å². The van der Waals surface area contributed by atoms with Gasteiger partial charge in [-0.05, 0) is 30.7 Å². The summed E-state index contributed by atoms with van der Waals surface area (Å²) in [6.45, 7) is 5.66. The van der Waals surface area contributed by atoms with Crippen LogP contribution in [0.2, 0.25) is 0 Å². The second-order valence-electron chi connectivity index (χ2n) is 5.76. The monoisotopic (exact) mass is 292 g/mol. The third-order valence-corrected chi connectivity index (χ3v) is 3.75. The second-order valence-corrected chi connectivity index (χ2v) is 5.76. The van der Waals surface area contributed by atoms with Crippen molar-refractivity contribution in [1.29, 1.82) is 0 Å². The van der Waals surface area contributed by atoms with Crippen molar-refractivity contribution in [2.24, 2.45) is 11.8 Å². The van der Waals surface area contributed by atoms with Crippen LogP contribution in [-0.2, 0) is 0 Å². The van der Waals surface area contributed by atoms with Crippen LogP contribution >= 0.6 is 0 Å². The SMILES string of the molecule is C[C@@H]1C[C@@H](C)CCN(C(=O)Nc2ccncc2[N+](=O)[O-])C1. The maximum absolute atomic E-state index is 12.3. The number of nitrogens with one attached hydrogen (secondary N) is 1. The lowest BCUT2D eigenvalue weighted by molar-refractivity contribution is -0.384. The summed E-state index contributed by atoms with van der Waals surface area (Å²) in [6, 6.07) is 1.16. The van der Waals surface area contributed by atoms with E-state index in [2.05, 4.69) is 24.1 Å². The molecule has 114 valence electrons. The molecule has 7 nitrogen and oxygen atoms in total. The van der Waals surface area contributed by atoms with E-state index >= 15 is 0 Å². The zero-order valence-corrected chi connectivity index (χ0v) is 12.3. The molecule has 2 amide bonds. The van der Waals surface area contributed by atoms with Crippen molar-refractivity contribution >= 4 is 17.4 Å². The normalized spacial score (nSPS) is 22.5. The van der Waals surface area contributed by atoms with Gasteiger partial charge in [-0.1, -0.05) is 13.8 Å². The average molecular weight is 292 g/mol. The number of hydrogen-bond donors (Lipinski definition) is 1. The Kier molecular flexibility index (Phi) is 4.72. The molecule has 1 fully saturated rings. The van der Waals surface area contributed by atoms with Gasteiger partial charge in [0, 0.05) is 19.3 Å². The molecule has 1 N–H and O–H groups in total. The van der Waals surface area contributed by atoms with E-state index in [-0.39, 0.29) is 17.4 Å². The van der Waals surface area contributed by atoms with Crippen molar-refractivity contribution in [3.05, 3.63) is 28.6 Å². The number of pyridine rings is 1. The first-order valence-corrected chi connectivity index (χ1v) is 7.11. The molecular weight excluding hydrogens is 272 g/mol. The third kappa shape index (κ3) is 3.90. The molecule has 1 aliphatic rings. The van der Waals surface area contributed by atoms with Gasteiger partial charge in [0.25, 0.3) is 0 Å². The summed E-state index contributed by atoms with van der Waals surface area (Å²) in [5.74, 6) is 1.02. The molecule has 2 rings (SSSR count). The number of hydrogen-bond acceptors (Lipinski definition) is 4.